The van der Waals surface area contributed by atoms with Gasteiger partial charge in [-0.2, -0.15) is 0 Å². The molecule has 2 aliphatic rings. The Morgan fingerprint density at radius 3 is 2.07 bits per heavy atom. The minimum atomic E-state index is -0.447. The Morgan fingerprint density at radius 1 is 0.897 bits per heavy atom. The second kappa shape index (κ2) is 7.67. The molecular formula is C22H23N3O4. The van der Waals surface area contributed by atoms with E-state index in [4.69, 9.17) is 0 Å². The van der Waals surface area contributed by atoms with Crippen LogP contribution in [-0.4, -0.2) is 59.8 Å². The summed E-state index contributed by atoms with van der Waals surface area (Å²) in [5, 5.41) is 9.44. The molecule has 2 amide bonds. The van der Waals surface area contributed by atoms with Crippen molar-refractivity contribution in [2.24, 2.45) is 0 Å². The van der Waals surface area contributed by atoms with E-state index in [1.807, 2.05) is 12.1 Å². The lowest BCUT2D eigenvalue weighted by Crippen LogP contribution is -2.52. The number of nitrogens with zero attached hydrogens (tertiary/aromatic N) is 3. The Morgan fingerprint density at radius 2 is 1.48 bits per heavy atom. The first kappa shape index (κ1) is 19.1. The smallest absolute Gasteiger partial charge is 0.251 e. The fourth-order valence-electron chi connectivity index (χ4n) is 3.97. The number of anilines is 2. The van der Waals surface area contributed by atoms with Crippen molar-refractivity contribution in [3.05, 3.63) is 54.1 Å². The van der Waals surface area contributed by atoms with Gasteiger partial charge >= 0.3 is 0 Å². The highest BCUT2D eigenvalue weighted by Crippen LogP contribution is 2.28. The molecule has 0 spiro atoms. The Hall–Kier alpha value is -3.19. The van der Waals surface area contributed by atoms with Crippen molar-refractivity contribution in [2.75, 3.05) is 36.0 Å². The third-order valence-corrected chi connectivity index (χ3v) is 5.62. The van der Waals surface area contributed by atoms with Gasteiger partial charge in [-0.3, -0.25) is 19.3 Å². The van der Waals surface area contributed by atoms with Gasteiger partial charge in [-0.1, -0.05) is 0 Å². The Kier molecular flexibility index (Phi) is 5.07. The van der Waals surface area contributed by atoms with Crippen molar-refractivity contribution in [1.29, 1.82) is 0 Å². The molecule has 7 heteroatoms. The Balaban J connectivity index is 1.42. The van der Waals surface area contributed by atoms with Crippen LogP contribution in [0.15, 0.2) is 48.5 Å². The number of piperazine rings is 1. The van der Waals surface area contributed by atoms with E-state index in [2.05, 4.69) is 9.80 Å². The Bertz CT molecular complexity index is 932. The first-order valence-electron chi connectivity index (χ1n) is 9.70. The standard InChI is InChI=1S/C22H23N3O4/c1-15(26)16-2-4-18(5-3-16)25-21(28)14-20(22(25)29)24-12-10-23(11-13-24)17-6-8-19(27)9-7-17/h2-9,20,27H,10-14H2,1H3/t20-/m1/s1. The van der Waals surface area contributed by atoms with Crippen LogP contribution < -0.4 is 9.80 Å². The van der Waals surface area contributed by atoms with Gasteiger partial charge in [-0.25, -0.2) is 4.90 Å². The lowest BCUT2D eigenvalue weighted by atomic mass is 10.1. The summed E-state index contributed by atoms with van der Waals surface area (Å²) in [7, 11) is 0. The van der Waals surface area contributed by atoms with Crippen molar-refractivity contribution in [1.82, 2.24) is 4.90 Å². The molecule has 29 heavy (non-hydrogen) atoms. The number of rotatable bonds is 4. The number of phenols is 1. The molecule has 2 fully saturated rings. The summed E-state index contributed by atoms with van der Waals surface area (Å²) >= 11 is 0. The number of hydrogen-bond donors (Lipinski definition) is 1. The van der Waals surface area contributed by atoms with Crippen LogP contribution in [0.2, 0.25) is 0 Å². The number of imide groups is 1. The summed E-state index contributed by atoms with van der Waals surface area (Å²) in [5.74, 6) is -0.237. The topological polar surface area (TPSA) is 81.2 Å². The highest BCUT2D eigenvalue weighted by molar-refractivity contribution is 6.22. The SMILES string of the molecule is CC(=O)c1ccc(N2C(=O)C[C@@H](N3CCN(c4ccc(O)cc4)CC3)C2=O)cc1. The van der Waals surface area contributed by atoms with Crippen LogP contribution in [0.5, 0.6) is 5.75 Å². The van der Waals surface area contributed by atoms with Crippen molar-refractivity contribution in [2.45, 2.75) is 19.4 Å². The first-order chi connectivity index (χ1) is 13.9. The molecule has 2 aliphatic heterocycles. The van der Waals surface area contributed by atoms with Crippen LogP contribution in [0.3, 0.4) is 0 Å². The lowest BCUT2D eigenvalue weighted by Gasteiger charge is -2.38. The van der Waals surface area contributed by atoms with E-state index in [1.54, 1.807) is 36.4 Å². The maximum Gasteiger partial charge on any atom is 0.251 e. The summed E-state index contributed by atoms with van der Waals surface area (Å²) in [6.07, 6.45) is 0.173. The van der Waals surface area contributed by atoms with E-state index in [-0.39, 0.29) is 29.8 Å². The van der Waals surface area contributed by atoms with Gasteiger partial charge in [0.25, 0.3) is 5.91 Å². The van der Waals surface area contributed by atoms with E-state index < -0.39 is 6.04 Å². The number of benzene rings is 2. The van der Waals surface area contributed by atoms with E-state index in [0.29, 0.717) is 24.3 Å². The first-order valence-corrected chi connectivity index (χ1v) is 9.70. The number of phenolic OH excluding ortho intramolecular Hbond substituents is 1. The van der Waals surface area contributed by atoms with Gasteiger partial charge in [-0.15, -0.1) is 0 Å². The molecule has 2 aromatic carbocycles. The van der Waals surface area contributed by atoms with Gasteiger partial charge in [0.1, 0.15) is 5.75 Å². The lowest BCUT2D eigenvalue weighted by molar-refractivity contribution is -0.123. The van der Waals surface area contributed by atoms with Gasteiger partial charge in [0.15, 0.2) is 5.78 Å². The van der Waals surface area contributed by atoms with Crippen molar-refractivity contribution < 1.29 is 19.5 Å². The molecule has 2 aromatic rings. The van der Waals surface area contributed by atoms with Crippen molar-refractivity contribution >= 4 is 29.0 Å². The zero-order chi connectivity index (χ0) is 20.5. The zero-order valence-electron chi connectivity index (χ0n) is 16.2. The molecular weight excluding hydrogens is 370 g/mol. The van der Waals surface area contributed by atoms with Gasteiger partial charge in [0.05, 0.1) is 18.2 Å². The molecule has 150 valence electrons. The van der Waals surface area contributed by atoms with E-state index >= 15 is 0 Å². The minimum absolute atomic E-state index is 0.0556. The fraction of sp³-hybridized carbons (Fsp3) is 0.318. The molecule has 1 N–H and O–H groups in total. The monoisotopic (exact) mass is 393 g/mol. The van der Waals surface area contributed by atoms with E-state index in [9.17, 15) is 19.5 Å². The summed E-state index contributed by atoms with van der Waals surface area (Å²) < 4.78 is 0. The molecule has 4 rings (SSSR count). The third-order valence-electron chi connectivity index (χ3n) is 5.62. The number of carbonyl (C=O) groups excluding carboxylic acids is 3. The van der Waals surface area contributed by atoms with Gasteiger partial charge in [0, 0.05) is 37.4 Å². The molecule has 0 unspecified atom stereocenters. The maximum absolute atomic E-state index is 13.0. The molecule has 0 bridgehead atoms. The van der Waals surface area contributed by atoms with E-state index in [1.165, 1.54) is 11.8 Å². The van der Waals surface area contributed by atoms with Crippen molar-refractivity contribution in [3.8, 4) is 5.75 Å². The fourth-order valence-corrected chi connectivity index (χ4v) is 3.97. The van der Waals surface area contributed by atoms with Crippen LogP contribution in [0.1, 0.15) is 23.7 Å². The third kappa shape index (κ3) is 3.73. The summed E-state index contributed by atoms with van der Waals surface area (Å²) in [4.78, 5) is 42.5. The summed E-state index contributed by atoms with van der Waals surface area (Å²) in [6, 6.07) is 13.2. The molecule has 0 aliphatic carbocycles. The Labute approximate surface area is 169 Å². The predicted octanol–water partition coefficient (Wildman–Crippen LogP) is 2.05. The number of carbonyl (C=O) groups is 3. The molecule has 2 saturated heterocycles. The second-order valence-electron chi connectivity index (χ2n) is 7.43. The maximum atomic E-state index is 13.0. The van der Waals surface area contributed by atoms with Crippen LogP contribution in [0, 0.1) is 0 Å². The van der Waals surface area contributed by atoms with Gasteiger partial charge in [0.2, 0.25) is 5.91 Å². The number of hydrogen-bond acceptors (Lipinski definition) is 6. The second-order valence-corrected chi connectivity index (χ2v) is 7.43. The average Bonchev–Trinajstić information content (AvgIpc) is 3.03. The van der Waals surface area contributed by atoms with Crippen LogP contribution in [0.25, 0.3) is 0 Å². The largest absolute Gasteiger partial charge is 0.508 e. The highest BCUT2D eigenvalue weighted by Gasteiger charge is 2.43. The molecule has 1 atom stereocenters. The molecule has 2 heterocycles. The minimum Gasteiger partial charge on any atom is -0.508 e. The van der Waals surface area contributed by atoms with Crippen LogP contribution >= 0.6 is 0 Å². The normalized spacial score (nSPS) is 20.4. The van der Waals surface area contributed by atoms with Gasteiger partial charge < -0.3 is 10.0 Å². The number of Topliss-reactive ketones (excluding diaryl/α,β-unsaturated/α-hetero) is 1. The van der Waals surface area contributed by atoms with E-state index in [0.717, 1.165) is 18.8 Å². The summed E-state index contributed by atoms with van der Waals surface area (Å²) in [5.41, 5.74) is 2.09. The molecule has 7 nitrogen and oxygen atoms in total. The highest BCUT2D eigenvalue weighted by atomic mass is 16.3. The number of aromatic hydroxyl groups is 1. The van der Waals surface area contributed by atoms with Crippen LogP contribution in [-0.2, 0) is 9.59 Å². The molecule has 0 aromatic heterocycles. The number of ketones is 1. The molecule has 0 radical (unpaired) electrons. The summed E-state index contributed by atoms with van der Waals surface area (Å²) in [6.45, 7) is 4.34. The predicted molar refractivity (Wildman–Crippen MR) is 109 cm³/mol. The number of amides is 2. The zero-order valence-corrected chi connectivity index (χ0v) is 16.2. The van der Waals surface area contributed by atoms with Crippen LogP contribution in [0.4, 0.5) is 11.4 Å². The van der Waals surface area contributed by atoms with Crippen molar-refractivity contribution in [3.63, 3.8) is 0 Å². The van der Waals surface area contributed by atoms with Gasteiger partial charge in [-0.05, 0) is 55.5 Å². The molecule has 0 saturated carbocycles. The quantitative estimate of drug-likeness (QED) is 0.633. The average molecular weight is 393 g/mol.